The molecule has 1 N–H and O–H groups in total. The molecule has 4 heteroatoms. The molecule has 114 valence electrons. The summed E-state index contributed by atoms with van der Waals surface area (Å²) in [5.74, 6) is -0.277. The summed E-state index contributed by atoms with van der Waals surface area (Å²) >= 11 is 0. The van der Waals surface area contributed by atoms with Crippen molar-refractivity contribution in [2.75, 3.05) is 7.11 Å². The molecule has 0 spiro atoms. The summed E-state index contributed by atoms with van der Waals surface area (Å²) in [6.07, 6.45) is 0.0406. The van der Waals surface area contributed by atoms with Crippen molar-refractivity contribution in [1.82, 2.24) is 5.43 Å². The average molecular weight is 296 g/mol. The Balaban J connectivity index is 1.97. The van der Waals surface area contributed by atoms with Crippen LogP contribution in [0.1, 0.15) is 24.2 Å². The first-order chi connectivity index (χ1) is 10.7. The van der Waals surface area contributed by atoms with E-state index in [0.29, 0.717) is 6.42 Å². The average Bonchev–Trinajstić information content (AvgIpc) is 2.55. The van der Waals surface area contributed by atoms with Crippen LogP contribution in [-0.4, -0.2) is 18.7 Å². The Morgan fingerprint density at radius 1 is 1.09 bits per heavy atom. The Hall–Kier alpha value is -2.46. The van der Waals surface area contributed by atoms with Gasteiger partial charge in [0, 0.05) is 19.2 Å². The van der Waals surface area contributed by atoms with Crippen molar-refractivity contribution in [1.29, 1.82) is 0 Å². The Morgan fingerprint density at radius 2 is 1.68 bits per heavy atom. The van der Waals surface area contributed by atoms with E-state index >= 15 is 0 Å². The number of amides is 1. The molecular weight excluding hydrogens is 276 g/mol. The van der Waals surface area contributed by atoms with Gasteiger partial charge in [0.25, 0.3) is 5.91 Å². The van der Waals surface area contributed by atoms with Gasteiger partial charge >= 0.3 is 0 Å². The van der Waals surface area contributed by atoms with Gasteiger partial charge in [0.2, 0.25) is 0 Å². The van der Waals surface area contributed by atoms with Crippen LogP contribution in [0, 0.1) is 0 Å². The molecule has 0 heterocycles. The highest BCUT2D eigenvalue weighted by Crippen LogP contribution is 2.16. The largest absolute Gasteiger partial charge is 0.367 e. The van der Waals surface area contributed by atoms with Crippen LogP contribution in [-0.2, 0) is 16.0 Å². The lowest BCUT2D eigenvalue weighted by Crippen LogP contribution is -2.27. The Bertz CT molecular complexity index is 624. The summed E-state index contributed by atoms with van der Waals surface area (Å²) < 4.78 is 5.27. The minimum Gasteiger partial charge on any atom is -0.367 e. The maximum absolute atomic E-state index is 12.2. The van der Waals surface area contributed by atoms with Crippen LogP contribution < -0.4 is 5.43 Å². The Labute approximate surface area is 130 Å². The van der Waals surface area contributed by atoms with Crippen molar-refractivity contribution in [3.05, 3.63) is 71.8 Å². The summed E-state index contributed by atoms with van der Waals surface area (Å²) in [7, 11) is 1.51. The fourth-order valence-electron chi connectivity index (χ4n) is 2.16. The molecule has 0 saturated heterocycles. The number of hydrazone groups is 1. The zero-order valence-corrected chi connectivity index (χ0v) is 12.8. The van der Waals surface area contributed by atoms with Crippen LogP contribution in [0.25, 0.3) is 0 Å². The number of rotatable bonds is 6. The van der Waals surface area contributed by atoms with E-state index in [1.807, 2.05) is 67.6 Å². The second-order valence-corrected chi connectivity index (χ2v) is 5.01. The third kappa shape index (κ3) is 4.53. The van der Waals surface area contributed by atoms with E-state index in [-0.39, 0.29) is 5.91 Å². The molecule has 0 aliphatic heterocycles. The lowest BCUT2D eigenvalue weighted by Gasteiger charge is -2.14. The SMILES string of the molecule is CO[C@H](C(=O)N/N=C(/C)Cc1ccccc1)c1ccccc1. The Kier molecular flexibility index (Phi) is 5.86. The number of hydrogen-bond donors (Lipinski definition) is 1. The predicted molar refractivity (Wildman–Crippen MR) is 87.6 cm³/mol. The smallest absolute Gasteiger partial charge is 0.273 e. The van der Waals surface area contributed by atoms with Crippen LogP contribution in [0.2, 0.25) is 0 Å². The van der Waals surface area contributed by atoms with Gasteiger partial charge in [-0.3, -0.25) is 4.79 Å². The normalized spacial score (nSPS) is 12.7. The number of benzene rings is 2. The van der Waals surface area contributed by atoms with Crippen molar-refractivity contribution >= 4 is 11.6 Å². The summed E-state index contributed by atoms with van der Waals surface area (Å²) in [6, 6.07) is 19.4. The lowest BCUT2D eigenvalue weighted by molar-refractivity contribution is -0.131. The lowest BCUT2D eigenvalue weighted by atomic mass is 10.1. The zero-order chi connectivity index (χ0) is 15.8. The number of ether oxygens (including phenoxy) is 1. The predicted octanol–water partition coefficient (Wildman–Crippen LogP) is 3.11. The van der Waals surface area contributed by atoms with Crippen molar-refractivity contribution in [3.8, 4) is 0 Å². The maximum Gasteiger partial charge on any atom is 0.273 e. The van der Waals surface area contributed by atoms with Gasteiger partial charge in [-0.2, -0.15) is 5.10 Å². The summed E-state index contributed by atoms with van der Waals surface area (Å²) in [5, 5.41) is 4.15. The molecule has 22 heavy (non-hydrogen) atoms. The second-order valence-electron chi connectivity index (χ2n) is 5.01. The van der Waals surface area contributed by atoms with Gasteiger partial charge in [-0.05, 0) is 18.1 Å². The molecular formula is C18H20N2O2. The van der Waals surface area contributed by atoms with Gasteiger partial charge in [-0.1, -0.05) is 60.7 Å². The van der Waals surface area contributed by atoms with Gasteiger partial charge in [0.15, 0.2) is 6.10 Å². The number of methoxy groups -OCH3 is 1. The number of carbonyl (C=O) groups excluding carboxylic acids is 1. The van der Waals surface area contributed by atoms with E-state index in [0.717, 1.165) is 16.8 Å². The standard InChI is InChI=1S/C18H20N2O2/c1-14(13-15-9-5-3-6-10-15)19-20-18(21)17(22-2)16-11-7-4-8-12-16/h3-12,17H,13H2,1-2H3,(H,20,21)/b19-14-/t17-/m0/s1. The topological polar surface area (TPSA) is 50.7 Å². The van der Waals surface area contributed by atoms with E-state index in [2.05, 4.69) is 10.5 Å². The molecule has 0 aliphatic carbocycles. The minimum atomic E-state index is -0.658. The van der Waals surface area contributed by atoms with Crippen LogP contribution in [0.4, 0.5) is 0 Å². The monoisotopic (exact) mass is 296 g/mol. The molecule has 4 nitrogen and oxygen atoms in total. The first-order valence-corrected chi connectivity index (χ1v) is 7.15. The van der Waals surface area contributed by atoms with E-state index in [1.165, 1.54) is 7.11 Å². The van der Waals surface area contributed by atoms with Crippen LogP contribution >= 0.6 is 0 Å². The van der Waals surface area contributed by atoms with Crippen LogP contribution in [0.3, 0.4) is 0 Å². The second kappa shape index (κ2) is 8.10. The number of nitrogens with one attached hydrogen (secondary N) is 1. The van der Waals surface area contributed by atoms with E-state index < -0.39 is 6.10 Å². The summed E-state index contributed by atoms with van der Waals surface area (Å²) in [6.45, 7) is 1.89. The van der Waals surface area contributed by atoms with Gasteiger partial charge in [-0.25, -0.2) is 5.43 Å². The van der Waals surface area contributed by atoms with E-state index in [9.17, 15) is 4.79 Å². The maximum atomic E-state index is 12.2. The molecule has 0 saturated carbocycles. The molecule has 0 aromatic heterocycles. The van der Waals surface area contributed by atoms with Gasteiger partial charge in [0.05, 0.1) is 0 Å². The van der Waals surface area contributed by atoms with E-state index in [1.54, 1.807) is 0 Å². The highest BCUT2D eigenvalue weighted by atomic mass is 16.5. The quantitative estimate of drug-likeness (QED) is 0.658. The van der Waals surface area contributed by atoms with Crippen molar-refractivity contribution < 1.29 is 9.53 Å². The summed E-state index contributed by atoms with van der Waals surface area (Å²) in [4.78, 5) is 12.2. The van der Waals surface area contributed by atoms with Gasteiger partial charge in [-0.15, -0.1) is 0 Å². The molecule has 0 fully saturated rings. The molecule has 2 aromatic rings. The molecule has 1 amide bonds. The fraction of sp³-hybridized carbons (Fsp3) is 0.222. The Morgan fingerprint density at radius 3 is 2.27 bits per heavy atom. The molecule has 1 atom stereocenters. The summed E-state index contributed by atoms with van der Waals surface area (Å²) in [5.41, 5.74) is 5.37. The number of nitrogens with zero attached hydrogens (tertiary/aromatic N) is 1. The van der Waals surface area contributed by atoms with Crippen molar-refractivity contribution in [2.24, 2.45) is 5.10 Å². The molecule has 0 aliphatic rings. The van der Waals surface area contributed by atoms with Gasteiger partial charge in [0.1, 0.15) is 0 Å². The molecule has 0 unspecified atom stereocenters. The minimum absolute atomic E-state index is 0.277. The first-order valence-electron chi connectivity index (χ1n) is 7.15. The third-order valence-corrected chi connectivity index (χ3v) is 3.24. The third-order valence-electron chi connectivity index (χ3n) is 3.24. The number of hydrogen-bond acceptors (Lipinski definition) is 3. The van der Waals surface area contributed by atoms with Crippen LogP contribution in [0.15, 0.2) is 65.8 Å². The van der Waals surface area contributed by atoms with Crippen molar-refractivity contribution in [3.63, 3.8) is 0 Å². The first kappa shape index (κ1) is 15.9. The number of carbonyl (C=O) groups is 1. The van der Waals surface area contributed by atoms with Crippen LogP contribution in [0.5, 0.6) is 0 Å². The van der Waals surface area contributed by atoms with Gasteiger partial charge < -0.3 is 4.74 Å². The van der Waals surface area contributed by atoms with Crippen molar-refractivity contribution in [2.45, 2.75) is 19.4 Å². The molecule has 0 bridgehead atoms. The molecule has 2 rings (SSSR count). The zero-order valence-electron chi connectivity index (χ0n) is 12.8. The van der Waals surface area contributed by atoms with E-state index in [4.69, 9.17) is 4.74 Å². The highest BCUT2D eigenvalue weighted by Gasteiger charge is 2.19. The fourth-order valence-corrected chi connectivity index (χ4v) is 2.16. The molecule has 2 aromatic carbocycles. The highest BCUT2D eigenvalue weighted by molar-refractivity contribution is 5.87. The molecule has 0 radical (unpaired) electrons.